The molecule has 1 saturated heterocycles. The Labute approximate surface area is 175 Å². The summed E-state index contributed by atoms with van der Waals surface area (Å²) < 4.78 is 12.8. The Morgan fingerprint density at radius 3 is 2.70 bits per heavy atom. The van der Waals surface area contributed by atoms with E-state index in [-0.39, 0.29) is 5.91 Å². The van der Waals surface area contributed by atoms with Crippen molar-refractivity contribution in [2.24, 2.45) is 0 Å². The van der Waals surface area contributed by atoms with Gasteiger partial charge in [-0.05, 0) is 42.7 Å². The lowest BCUT2D eigenvalue weighted by molar-refractivity contribution is 0.0620. The van der Waals surface area contributed by atoms with E-state index in [2.05, 4.69) is 17.9 Å². The van der Waals surface area contributed by atoms with Crippen LogP contribution in [0.15, 0.2) is 36.5 Å². The number of ether oxygens (including phenoxy) is 2. The summed E-state index contributed by atoms with van der Waals surface area (Å²) in [7, 11) is 0. The molecule has 1 amide bonds. The summed E-state index contributed by atoms with van der Waals surface area (Å²) >= 11 is 0. The van der Waals surface area contributed by atoms with E-state index in [9.17, 15) is 4.79 Å². The van der Waals surface area contributed by atoms with E-state index in [4.69, 9.17) is 14.5 Å². The number of nitrogens with zero attached hydrogens (tertiary/aromatic N) is 4. The molecule has 0 aliphatic carbocycles. The predicted molar refractivity (Wildman–Crippen MR) is 113 cm³/mol. The molecule has 0 unspecified atom stereocenters. The van der Waals surface area contributed by atoms with Crippen LogP contribution < -0.4 is 9.47 Å². The Hall–Kier alpha value is -3.06. The Morgan fingerprint density at radius 1 is 1.10 bits per heavy atom. The third-order valence-corrected chi connectivity index (χ3v) is 5.96. The quantitative estimate of drug-likeness (QED) is 0.667. The largest absolute Gasteiger partial charge is 0.454 e. The molecule has 0 atom stereocenters. The second-order valence-corrected chi connectivity index (χ2v) is 7.90. The number of hydrogen-bond acceptors (Lipinski definition) is 5. The number of amides is 1. The molecular formula is C23H26N4O3. The number of hydrogen-bond donors (Lipinski definition) is 0. The Kier molecular flexibility index (Phi) is 4.83. The van der Waals surface area contributed by atoms with Crippen molar-refractivity contribution in [2.45, 2.75) is 26.8 Å². The first-order valence-corrected chi connectivity index (χ1v) is 10.5. The summed E-state index contributed by atoms with van der Waals surface area (Å²) in [6, 6.07) is 10.1. The number of pyridine rings is 1. The average molecular weight is 406 g/mol. The minimum atomic E-state index is 0.0766. The zero-order chi connectivity index (χ0) is 20.7. The molecule has 4 heterocycles. The maximum atomic E-state index is 13.4. The molecular weight excluding hydrogens is 380 g/mol. The molecule has 1 fully saturated rings. The molecule has 0 radical (unpaired) electrons. The topological polar surface area (TPSA) is 59.3 Å². The van der Waals surface area contributed by atoms with Gasteiger partial charge in [0.05, 0.1) is 5.69 Å². The SMILES string of the molecule is CCc1nc2c(C)cccn2c1C(=O)N1CCN(Cc2ccc3c(c2)OCO3)CC1. The number of piperazine rings is 1. The van der Waals surface area contributed by atoms with E-state index in [0.29, 0.717) is 25.6 Å². The highest BCUT2D eigenvalue weighted by Gasteiger charge is 2.27. The Bertz CT molecular complexity index is 1100. The average Bonchev–Trinajstić information content (AvgIpc) is 3.38. The van der Waals surface area contributed by atoms with E-state index < -0.39 is 0 Å². The maximum Gasteiger partial charge on any atom is 0.272 e. The lowest BCUT2D eigenvalue weighted by Crippen LogP contribution is -2.48. The molecule has 5 rings (SSSR count). The van der Waals surface area contributed by atoms with Gasteiger partial charge in [0, 0.05) is 38.9 Å². The van der Waals surface area contributed by atoms with Crippen molar-refractivity contribution < 1.29 is 14.3 Å². The summed E-state index contributed by atoms with van der Waals surface area (Å²) in [5.41, 5.74) is 4.74. The molecule has 0 saturated carbocycles. The molecule has 0 bridgehead atoms. The van der Waals surface area contributed by atoms with E-state index in [0.717, 1.165) is 54.5 Å². The number of rotatable bonds is 4. The van der Waals surface area contributed by atoms with Crippen molar-refractivity contribution >= 4 is 11.6 Å². The standard InChI is InChI=1S/C23H26N4O3/c1-3-18-21(27-8-4-5-16(2)22(27)24-18)23(28)26-11-9-25(10-12-26)14-17-6-7-19-20(13-17)30-15-29-19/h4-8,13H,3,9-12,14-15H2,1-2H3. The first-order chi connectivity index (χ1) is 14.6. The second kappa shape index (κ2) is 7.65. The van der Waals surface area contributed by atoms with Gasteiger partial charge in [-0.25, -0.2) is 4.98 Å². The van der Waals surface area contributed by atoms with Gasteiger partial charge in [-0.15, -0.1) is 0 Å². The first kappa shape index (κ1) is 18.9. The number of fused-ring (bicyclic) bond motifs is 2. The molecule has 7 nitrogen and oxygen atoms in total. The van der Waals surface area contributed by atoms with Crippen molar-refractivity contribution in [3.8, 4) is 11.5 Å². The van der Waals surface area contributed by atoms with E-state index in [1.807, 2.05) is 46.7 Å². The summed E-state index contributed by atoms with van der Waals surface area (Å²) in [6.07, 6.45) is 2.68. The van der Waals surface area contributed by atoms with Gasteiger partial charge in [-0.2, -0.15) is 0 Å². The van der Waals surface area contributed by atoms with Crippen LogP contribution in [0.3, 0.4) is 0 Å². The molecule has 2 aliphatic heterocycles. The van der Waals surface area contributed by atoms with Gasteiger partial charge in [-0.1, -0.05) is 19.1 Å². The minimum absolute atomic E-state index is 0.0766. The third kappa shape index (κ3) is 3.29. The molecule has 1 aromatic carbocycles. The van der Waals surface area contributed by atoms with Gasteiger partial charge >= 0.3 is 0 Å². The van der Waals surface area contributed by atoms with Gasteiger partial charge in [0.25, 0.3) is 5.91 Å². The van der Waals surface area contributed by atoms with Crippen LogP contribution in [0.25, 0.3) is 5.65 Å². The van der Waals surface area contributed by atoms with Gasteiger partial charge in [0.2, 0.25) is 6.79 Å². The highest BCUT2D eigenvalue weighted by Crippen LogP contribution is 2.33. The van der Waals surface area contributed by atoms with Crippen LogP contribution in [0.1, 0.15) is 34.2 Å². The van der Waals surface area contributed by atoms with Crippen LogP contribution in [0.4, 0.5) is 0 Å². The highest BCUT2D eigenvalue weighted by molar-refractivity contribution is 5.95. The van der Waals surface area contributed by atoms with Crippen LogP contribution in [0, 0.1) is 6.92 Å². The van der Waals surface area contributed by atoms with Gasteiger partial charge in [-0.3, -0.25) is 14.1 Å². The predicted octanol–water partition coefficient (Wildman–Crippen LogP) is 2.89. The summed E-state index contributed by atoms with van der Waals surface area (Å²) in [5.74, 6) is 1.70. The van der Waals surface area contributed by atoms with Crippen molar-refractivity contribution in [3.05, 3.63) is 59.0 Å². The number of benzene rings is 1. The fourth-order valence-corrected chi connectivity index (χ4v) is 4.28. The van der Waals surface area contributed by atoms with Crippen LogP contribution in [-0.2, 0) is 13.0 Å². The van der Waals surface area contributed by atoms with Crippen molar-refractivity contribution in [1.29, 1.82) is 0 Å². The van der Waals surface area contributed by atoms with E-state index in [1.54, 1.807) is 0 Å². The monoisotopic (exact) mass is 406 g/mol. The van der Waals surface area contributed by atoms with Crippen LogP contribution in [0.2, 0.25) is 0 Å². The normalized spacial score (nSPS) is 16.4. The zero-order valence-corrected chi connectivity index (χ0v) is 17.4. The minimum Gasteiger partial charge on any atom is -0.454 e. The molecule has 30 heavy (non-hydrogen) atoms. The van der Waals surface area contributed by atoms with Crippen molar-refractivity contribution in [3.63, 3.8) is 0 Å². The van der Waals surface area contributed by atoms with Gasteiger partial charge < -0.3 is 14.4 Å². The number of carbonyl (C=O) groups is 1. The van der Waals surface area contributed by atoms with Gasteiger partial charge in [0.15, 0.2) is 11.5 Å². The molecule has 0 N–H and O–H groups in total. The number of carbonyl (C=O) groups excluding carboxylic acids is 1. The van der Waals surface area contributed by atoms with Crippen LogP contribution in [-0.4, -0.2) is 58.1 Å². The van der Waals surface area contributed by atoms with Crippen molar-refractivity contribution in [2.75, 3.05) is 33.0 Å². The number of imidazole rings is 1. The lowest BCUT2D eigenvalue weighted by atomic mass is 10.1. The molecule has 0 spiro atoms. The van der Waals surface area contributed by atoms with Crippen LogP contribution in [0.5, 0.6) is 11.5 Å². The fraction of sp³-hybridized carbons (Fsp3) is 0.391. The Morgan fingerprint density at radius 2 is 1.90 bits per heavy atom. The Balaban J connectivity index is 1.28. The highest BCUT2D eigenvalue weighted by atomic mass is 16.7. The summed E-state index contributed by atoms with van der Waals surface area (Å²) in [5, 5.41) is 0. The van der Waals surface area contributed by atoms with Crippen molar-refractivity contribution in [1.82, 2.24) is 19.2 Å². The second-order valence-electron chi connectivity index (χ2n) is 7.90. The molecule has 2 aromatic heterocycles. The zero-order valence-electron chi connectivity index (χ0n) is 17.4. The number of aryl methyl sites for hydroxylation is 2. The third-order valence-electron chi connectivity index (χ3n) is 5.96. The molecule has 3 aromatic rings. The summed E-state index contributed by atoms with van der Waals surface area (Å²) in [4.78, 5) is 22.4. The molecule has 2 aliphatic rings. The summed E-state index contributed by atoms with van der Waals surface area (Å²) in [6.45, 7) is 8.34. The molecule has 7 heteroatoms. The first-order valence-electron chi connectivity index (χ1n) is 10.5. The van der Waals surface area contributed by atoms with Gasteiger partial charge in [0.1, 0.15) is 11.3 Å². The fourth-order valence-electron chi connectivity index (χ4n) is 4.28. The number of aromatic nitrogens is 2. The van der Waals surface area contributed by atoms with Crippen LogP contribution >= 0.6 is 0 Å². The maximum absolute atomic E-state index is 13.4. The smallest absolute Gasteiger partial charge is 0.272 e. The lowest BCUT2D eigenvalue weighted by Gasteiger charge is -2.34. The molecule has 156 valence electrons. The van der Waals surface area contributed by atoms with E-state index in [1.165, 1.54) is 5.56 Å². The van der Waals surface area contributed by atoms with E-state index >= 15 is 0 Å².